The van der Waals surface area contributed by atoms with E-state index in [1.54, 1.807) is 38.9 Å². The highest BCUT2D eigenvalue weighted by Crippen LogP contribution is 2.66. The number of fused-ring (bicyclic) bond motifs is 10. The van der Waals surface area contributed by atoms with Gasteiger partial charge in [-0.2, -0.15) is 0 Å². The van der Waals surface area contributed by atoms with Gasteiger partial charge in [0, 0.05) is 126 Å². The molecule has 8 aliphatic carbocycles. The number of aromatic nitrogens is 2. The number of nitrogens with zero attached hydrogens (tertiary/aromatic N) is 3. The third kappa shape index (κ3) is 12.7. The zero-order chi connectivity index (χ0) is 51.6. The molecule has 0 aliphatic heterocycles. The molecule has 12 radical (unpaired) electrons. The summed E-state index contributed by atoms with van der Waals surface area (Å²) in [6.45, 7) is 8.90. The maximum Gasteiger partial charge on any atom is 0.249 e. The molecular weight excluding hydrogens is 935 g/mol. The van der Waals surface area contributed by atoms with E-state index in [-0.39, 0.29) is 28.6 Å². The summed E-state index contributed by atoms with van der Waals surface area (Å²) < 4.78 is 1.02. The van der Waals surface area contributed by atoms with Gasteiger partial charge in [0.1, 0.15) is 0 Å². The molecule has 2 N–H and O–H groups in total. The van der Waals surface area contributed by atoms with E-state index in [2.05, 4.69) is 39.7 Å². The van der Waals surface area contributed by atoms with Crippen LogP contribution in [0.5, 0.6) is 0 Å². The first-order chi connectivity index (χ1) is 33.5. The van der Waals surface area contributed by atoms with Gasteiger partial charge in [0.25, 0.3) is 0 Å². The highest BCUT2D eigenvalue weighted by atomic mass is 79.9. The second-order valence-electron chi connectivity index (χ2n) is 24.8. The number of hydrogen-bond acceptors (Lipinski definition) is 7. The van der Waals surface area contributed by atoms with Crippen LogP contribution in [0.25, 0.3) is 0 Å². The molecule has 0 bridgehead atoms. The maximum absolute atomic E-state index is 13.3. The molecule has 8 nitrogen and oxygen atoms in total. The van der Waals surface area contributed by atoms with E-state index in [4.69, 9.17) is 51.3 Å². The number of carbonyl (C=O) groups is 2. The quantitative estimate of drug-likeness (QED) is 0.170. The number of rotatable bonds is 7. The zero-order valence-corrected chi connectivity index (χ0v) is 45.5. The minimum Gasteiger partial charge on any atom is -0.390 e. The molecule has 10 rings (SSSR count). The van der Waals surface area contributed by atoms with Gasteiger partial charge in [0.05, 0.1) is 18.3 Å². The number of hydroxylamine groups is 2. The van der Waals surface area contributed by atoms with Crippen LogP contribution in [0, 0.1) is 81.8 Å². The SMILES string of the molecule is Brc1cccnc1.CON(C)C(=O)[C@H]1CC[C@H]2[C@@H]3CC[C@H]4C[C@](C)(O)CC[C@@H]4[C@H]3CC[C@]12C.C[C@@]1(O)CC[C@H]2[C@@H](CC[C@@H]3[C@@H]2CC[C@]2(C)[C@@H](C(=O)c4cccnc4)CC[C@@H]32)C1.[B]B([B])B(B([B])[B])B([B])[B]. The number of halogens is 1. The molecule has 8 aliphatic rings. The van der Waals surface area contributed by atoms with E-state index in [1.807, 2.05) is 38.1 Å². The van der Waals surface area contributed by atoms with Crippen LogP contribution in [-0.4, -0.2) is 134 Å². The van der Waals surface area contributed by atoms with Gasteiger partial charge in [-0.05, 0) is 240 Å². The van der Waals surface area contributed by atoms with Crippen molar-refractivity contribution in [3.63, 3.8) is 0 Å². The topological polar surface area (TPSA) is 113 Å². The molecule has 366 valence electrons. The Labute approximate surface area is 446 Å². The second-order valence-corrected chi connectivity index (χ2v) is 25.7. The fourth-order valence-electron chi connectivity index (χ4n) is 17.1. The van der Waals surface area contributed by atoms with Crippen LogP contribution < -0.4 is 0 Å². The Balaban J connectivity index is 0.000000158. The number of Topliss-reactive ketones (excluding diaryl/α,β-unsaturated/α-hetero) is 1. The predicted molar refractivity (Wildman–Crippen MR) is 300 cm³/mol. The van der Waals surface area contributed by atoms with Crippen molar-refractivity contribution in [1.82, 2.24) is 15.0 Å². The fourth-order valence-corrected chi connectivity index (χ4v) is 17.4. The van der Waals surface area contributed by atoms with Crippen molar-refractivity contribution in [2.75, 3.05) is 14.2 Å². The summed E-state index contributed by atoms with van der Waals surface area (Å²) in [6.07, 6.45) is 25.6. The number of ketones is 1. The van der Waals surface area contributed by atoms with E-state index >= 15 is 0 Å². The summed E-state index contributed by atoms with van der Waals surface area (Å²) in [5.74, 6) is 8.56. The number of hydrogen-bond donors (Lipinski definition) is 2. The molecule has 1 amide bonds. The molecule has 2 aromatic rings. The van der Waals surface area contributed by atoms with Crippen LogP contribution in [0.1, 0.15) is 154 Å². The zero-order valence-electron chi connectivity index (χ0n) is 43.9. The predicted octanol–water partition coefficient (Wildman–Crippen LogP) is 7.35. The van der Waals surface area contributed by atoms with Gasteiger partial charge in [0.2, 0.25) is 5.91 Å². The van der Waals surface area contributed by atoms with E-state index in [9.17, 15) is 19.8 Å². The van der Waals surface area contributed by atoms with E-state index in [0.717, 1.165) is 95.9 Å². The third-order valence-corrected chi connectivity index (χ3v) is 21.0. The Kier molecular flexibility index (Phi) is 19.1. The van der Waals surface area contributed by atoms with Crippen molar-refractivity contribution in [3.8, 4) is 0 Å². The highest BCUT2D eigenvalue weighted by Gasteiger charge is 2.61. The first kappa shape index (κ1) is 57.2. The standard InChI is InChI=1S/C25H35NO2.C22H37NO3.C5H4BrN.B10/c1-24(28)11-9-18-16(14-24)5-6-20-19(18)10-12-25(2)21(20)7-8-22(25)23(27)17-4-3-13-26-15-17;1-21(25)11-9-15-14(13-21)5-6-17-16(15)10-12-22(2)18(17)7-8-19(22)20(24)23(3)26-4;6-5-2-1-3-7-4-5;1-7(2)10(8(3)4)9(5)6/h3-4,13,15-16,18-22,28H,5-12,14H2,1-2H3;14-19,25H,5-13H2,1-4H3;1-4H;/t16-,18-,19+,20+,21-,22+,24+,25-;14-,15-,16+,17+,18-,19+,21+,22-;;/m00../s1. The van der Waals surface area contributed by atoms with Crippen LogP contribution in [0.3, 0.4) is 0 Å². The Bertz CT molecular complexity index is 2050. The number of pyridine rings is 2. The lowest BCUT2D eigenvalue weighted by molar-refractivity contribution is -0.180. The lowest BCUT2D eigenvalue weighted by Crippen LogP contribution is -2.62. The smallest absolute Gasteiger partial charge is 0.249 e. The van der Waals surface area contributed by atoms with Gasteiger partial charge < -0.3 is 10.2 Å². The molecule has 0 unspecified atom stereocenters. The molecule has 19 heteroatoms. The van der Waals surface area contributed by atoms with Gasteiger partial charge in [-0.3, -0.25) is 24.4 Å². The maximum atomic E-state index is 13.3. The van der Waals surface area contributed by atoms with Crippen molar-refractivity contribution < 1.29 is 24.6 Å². The number of aliphatic hydroxyl groups is 2. The number of carbonyl (C=O) groups excluding carboxylic acids is 2. The largest absolute Gasteiger partial charge is 0.390 e. The first-order valence-electron chi connectivity index (χ1n) is 27.3. The Morgan fingerprint density at radius 2 is 1.07 bits per heavy atom. The average molecular weight is 1010 g/mol. The molecular formula is C52H76B10BrN3O5. The lowest BCUT2D eigenvalue weighted by atomic mass is 8.58. The summed E-state index contributed by atoms with van der Waals surface area (Å²) >= 11 is 3.25. The molecule has 71 heavy (non-hydrogen) atoms. The minimum atomic E-state index is -0.667. The monoisotopic (exact) mass is 1010 g/mol. The summed E-state index contributed by atoms with van der Waals surface area (Å²) in [4.78, 5) is 39.4. The third-order valence-electron chi connectivity index (χ3n) is 20.6. The van der Waals surface area contributed by atoms with E-state index < -0.39 is 36.7 Å². The van der Waals surface area contributed by atoms with Gasteiger partial charge in [-0.25, -0.2) is 5.06 Å². The highest BCUT2D eigenvalue weighted by molar-refractivity contribution is 9.10. The average Bonchev–Trinajstić information content (AvgIpc) is 3.87. The minimum absolute atomic E-state index is 0.128. The molecule has 2 aromatic heterocycles. The summed E-state index contributed by atoms with van der Waals surface area (Å²) in [7, 11) is 35.1. The van der Waals surface area contributed by atoms with Crippen LogP contribution in [0.15, 0.2) is 53.5 Å². The number of amides is 1. The van der Waals surface area contributed by atoms with Crippen molar-refractivity contribution >= 4 is 99.6 Å². The molecule has 8 fully saturated rings. The van der Waals surface area contributed by atoms with E-state index in [1.165, 1.54) is 82.1 Å². The fraction of sp³-hybridized carbons (Fsp3) is 0.769. The summed E-state index contributed by atoms with van der Waals surface area (Å²) in [6, 6.07) is 7.64. The van der Waals surface area contributed by atoms with Crippen molar-refractivity contribution in [3.05, 3.63) is 59.1 Å². The molecule has 8 saturated carbocycles. The first-order valence-corrected chi connectivity index (χ1v) is 28.1. The van der Waals surface area contributed by atoms with E-state index in [0.29, 0.717) is 17.6 Å². The summed E-state index contributed by atoms with van der Waals surface area (Å²) in [5.41, 5.74) is 0.243. The Hall–Kier alpha value is -1.55. The molecule has 16 atom stereocenters. The molecule has 0 spiro atoms. The van der Waals surface area contributed by atoms with Crippen molar-refractivity contribution in [1.29, 1.82) is 0 Å². The van der Waals surface area contributed by atoms with Gasteiger partial charge in [-0.1, -0.05) is 13.8 Å². The van der Waals surface area contributed by atoms with Gasteiger partial charge in [-0.15, -0.1) is 0 Å². The summed E-state index contributed by atoms with van der Waals surface area (Å²) in [5, 5.41) is 22.5. The van der Waals surface area contributed by atoms with Crippen molar-refractivity contribution in [2.24, 2.45) is 81.8 Å². The van der Waals surface area contributed by atoms with Crippen LogP contribution >= 0.6 is 15.9 Å². The Morgan fingerprint density at radius 1 is 0.620 bits per heavy atom. The second kappa shape index (κ2) is 23.8. The molecule has 2 heterocycles. The lowest BCUT2D eigenvalue weighted by Gasteiger charge is -2.56. The molecule has 0 aromatic carbocycles. The van der Waals surface area contributed by atoms with Gasteiger partial charge >= 0.3 is 0 Å². The van der Waals surface area contributed by atoms with Crippen LogP contribution in [0.2, 0.25) is 0 Å². The van der Waals surface area contributed by atoms with Crippen molar-refractivity contribution in [2.45, 2.75) is 154 Å². The van der Waals surface area contributed by atoms with Gasteiger partial charge in [0.15, 0.2) is 5.78 Å². The Morgan fingerprint density at radius 3 is 1.46 bits per heavy atom. The molecule has 0 saturated heterocycles. The van der Waals surface area contributed by atoms with Crippen LogP contribution in [-0.2, 0) is 9.63 Å². The van der Waals surface area contributed by atoms with Crippen LogP contribution in [0.4, 0.5) is 0 Å². The normalized spacial score (nSPS) is 39.3.